The first kappa shape index (κ1) is 15.3. The predicted octanol–water partition coefficient (Wildman–Crippen LogP) is 3.71. The van der Waals surface area contributed by atoms with Gasteiger partial charge in [0.25, 0.3) is 0 Å². The maximum absolute atomic E-state index is 10.2. The molecule has 0 aromatic heterocycles. The summed E-state index contributed by atoms with van der Waals surface area (Å²) in [5.41, 5.74) is 0. The Morgan fingerprint density at radius 2 is 1.94 bits per heavy atom. The molecule has 0 aliphatic carbocycles. The van der Waals surface area contributed by atoms with Crippen molar-refractivity contribution < 1.29 is 9.22 Å². The molecule has 0 saturated carbocycles. The molecule has 0 bridgehead atoms. The summed E-state index contributed by atoms with van der Waals surface area (Å²) in [5.74, 6) is 0. The Morgan fingerprint density at radius 1 is 1.38 bits per heavy atom. The van der Waals surface area contributed by atoms with E-state index in [4.69, 9.17) is 4.43 Å². The van der Waals surface area contributed by atoms with E-state index >= 15 is 0 Å². The molecule has 0 aromatic carbocycles. The zero-order valence-corrected chi connectivity index (χ0v) is 12.1. The van der Waals surface area contributed by atoms with Crippen LogP contribution in [-0.4, -0.2) is 20.7 Å². The lowest BCUT2D eigenvalue weighted by Gasteiger charge is -2.38. The van der Waals surface area contributed by atoms with E-state index in [1.165, 1.54) is 6.08 Å². The molecule has 0 aliphatic rings. The first-order chi connectivity index (χ1) is 7.24. The molecule has 16 heavy (non-hydrogen) atoms. The first-order valence-electron chi connectivity index (χ1n) is 5.65. The standard InChI is InChI=1S/C13H24O2Si/c1-7-12(10-8-9-11-14)15-16(5,6)13(2,3)4/h7-9,11-12H,1,10H2,2-6H3/b9-8+. The van der Waals surface area contributed by atoms with Crippen molar-refractivity contribution in [3.63, 3.8) is 0 Å². The van der Waals surface area contributed by atoms with Crippen LogP contribution in [0.2, 0.25) is 18.1 Å². The molecule has 0 amide bonds. The summed E-state index contributed by atoms with van der Waals surface area (Å²) in [6, 6.07) is 0. The third-order valence-corrected chi connectivity index (χ3v) is 7.60. The van der Waals surface area contributed by atoms with Crippen LogP contribution in [0.1, 0.15) is 27.2 Å². The largest absolute Gasteiger partial charge is 0.410 e. The van der Waals surface area contributed by atoms with Crippen LogP contribution in [0, 0.1) is 0 Å². The van der Waals surface area contributed by atoms with Gasteiger partial charge in [0.2, 0.25) is 0 Å². The molecule has 1 atom stereocenters. The quantitative estimate of drug-likeness (QED) is 0.306. The molecular formula is C13H24O2Si. The van der Waals surface area contributed by atoms with Crippen LogP contribution < -0.4 is 0 Å². The predicted molar refractivity (Wildman–Crippen MR) is 72.1 cm³/mol. The minimum Gasteiger partial charge on any atom is -0.410 e. The topological polar surface area (TPSA) is 26.3 Å². The Bertz CT molecular complexity index is 262. The lowest BCUT2D eigenvalue weighted by Crippen LogP contribution is -2.43. The van der Waals surface area contributed by atoms with Gasteiger partial charge in [-0.3, -0.25) is 4.79 Å². The highest BCUT2D eigenvalue weighted by Crippen LogP contribution is 2.37. The van der Waals surface area contributed by atoms with E-state index in [9.17, 15) is 4.79 Å². The fraction of sp³-hybridized carbons (Fsp3) is 0.615. The minimum atomic E-state index is -1.74. The molecule has 0 radical (unpaired) electrons. The van der Waals surface area contributed by atoms with Crippen molar-refractivity contribution in [2.45, 2.75) is 51.4 Å². The SMILES string of the molecule is C=CC(C/C=C/C=O)O[Si](C)(C)C(C)(C)C. The summed E-state index contributed by atoms with van der Waals surface area (Å²) < 4.78 is 6.15. The lowest BCUT2D eigenvalue weighted by molar-refractivity contribution is -0.104. The number of carbonyl (C=O) groups is 1. The number of hydrogen-bond acceptors (Lipinski definition) is 2. The van der Waals surface area contributed by atoms with Gasteiger partial charge in [-0.1, -0.05) is 32.9 Å². The fourth-order valence-electron chi connectivity index (χ4n) is 1.02. The Kier molecular flexibility index (Phi) is 5.90. The van der Waals surface area contributed by atoms with Crippen LogP contribution in [0.3, 0.4) is 0 Å². The summed E-state index contributed by atoms with van der Waals surface area (Å²) in [6.07, 6.45) is 6.66. The van der Waals surface area contributed by atoms with Crippen molar-refractivity contribution in [1.29, 1.82) is 0 Å². The van der Waals surface area contributed by atoms with Crippen molar-refractivity contribution in [3.05, 3.63) is 24.8 Å². The highest BCUT2D eigenvalue weighted by molar-refractivity contribution is 6.74. The number of aldehydes is 1. The van der Waals surface area contributed by atoms with E-state index < -0.39 is 8.32 Å². The Labute approximate surface area is 101 Å². The summed E-state index contributed by atoms with van der Waals surface area (Å²) in [5, 5.41) is 0.197. The summed E-state index contributed by atoms with van der Waals surface area (Å²) in [4.78, 5) is 10.2. The minimum absolute atomic E-state index is 0.0112. The molecule has 2 nitrogen and oxygen atoms in total. The van der Waals surface area contributed by atoms with Crippen molar-refractivity contribution >= 4 is 14.6 Å². The third-order valence-electron chi connectivity index (χ3n) is 3.10. The second-order valence-electron chi connectivity index (χ2n) is 5.45. The second-order valence-corrected chi connectivity index (χ2v) is 10.2. The average Bonchev–Trinajstić information content (AvgIpc) is 2.14. The molecule has 0 heterocycles. The molecule has 0 saturated heterocycles. The van der Waals surface area contributed by atoms with E-state index in [1.807, 2.05) is 12.2 Å². The van der Waals surface area contributed by atoms with E-state index in [1.54, 1.807) is 0 Å². The number of hydrogen-bond donors (Lipinski definition) is 0. The Morgan fingerprint density at radius 3 is 2.31 bits per heavy atom. The molecule has 0 fully saturated rings. The zero-order valence-electron chi connectivity index (χ0n) is 11.1. The monoisotopic (exact) mass is 240 g/mol. The van der Waals surface area contributed by atoms with Gasteiger partial charge >= 0.3 is 0 Å². The number of allylic oxidation sites excluding steroid dienone is 1. The van der Waals surface area contributed by atoms with E-state index in [-0.39, 0.29) is 11.1 Å². The van der Waals surface area contributed by atoms with Gasteiger partial charge in [0, 0.05) is 0 Å². The van der Waals surface area contributed by atoms with E-state index in [2.05, 4.69) is 40.4 Å². The molecular weight excluding hydrogens is 216 g/mol. The third kappa shape index (κ3) is 4.90. The molecule has 0 spiro atoms. The van der Waals surface area contributed by atoms with Gasteiger partial charge in [-0.05, 0) is 30.6 Å². The van der Waals surface area contributed by atoms with Crippen LogP contribution in [0.5, 0.6) is 0 Å². The molecule has 0 aliphatic heterocycles. The van der Waals surface area contributed by atoms with Crippen LogP contribution in [0.15, 0.2) is 24.8 Å². The Hall–Kier alpha value is -0.673. The van der Waals surface area contributed by atoms with Crippen LogP contribution >= 0.6 is 0 Å². The molecule has 1 unspecified atom stereocenters. The zero-order chi connectivity index (χ0) is 12.8. The molecule has 0 rings (SSSR count). The van der Waals surface area contributed by atoms with Crippen molar-refractivity contribution in [2.75, 3.05) is 0 Å². The smallest absolute Gasteiger partial charge is 0.192 e. The Balaban J connectivity index is 4.48. The van der Waals surface area contributed by atoms with Crippen LogP contribution in [0.25, 0.3) is 0 Å². The highest BCUT2D eigenvalue weighted by Gasteiger charge is 2.38. The van der Waals surface area contributed by atoms with Gasteiger partial charge in [-0.15, -0.1) is 6.58 Å². The van der Waals surface area contributed by atoms with Gasteiger partial charge in [-0.25, -0.2) is 0 Å². The highest BCUT2D eigenvalue weighted by atomic mass is 28.4. The van der Waals surface area contributed by atoms with Gasteiger partial charge in [-0.2, -0.15) is 0 Å². The van der Waals surface area contributed by atoms with E-state index in [0.29, 0.717) is 0 Å². The van der Waals surface area contributed by atoms with Gasteiger partial charge in [0.15, 0.2) is 8.32 Å². The maximum atomic E-state index is 10.2. The maximum Gasteiger partial charge on any atom is 0.192 e. The number of carbonyl (C=O) groups excluding carboxylic acids is 1. The molecule has 0 aromatic rings. The van der Waals surface area contributed by atoms with Crippen LogP contribution in [0.4, 0.5) is 0 Å². The number of rotatable bonds is 6. The lowest BCUT2D eigenvalue weighted by atomic mass is 10.2. The van der Waals surface area contributed by atoms with E-state index in [0.717, 1.165) is 12.7 Å². The molecule has 0 N–H and O–H groups in total. The summed E-state index contributed by atoms with van der Waals surface area (Å²) >= 11 is 0. The normalized spacial score (nSPS) is 15.1. The second kappa shape index (κ2) is 6.16. The molecule has 92 valence electrons. The fourth-order valence-corrected chi connectivity index (χ4v) is 2.32. The summed E-state index contributed by atoms with van der Waals surface area (Å²) in [6.45, 7) is 14.8. The van der Waals surface area contributed by atoms with Crippen molar-refractivity contribution in [1.82, 2.24) is 0 Å². The molecule has 3 heteroatoms. The van der Waals surface area contributed by atoms with Gasteiger partial charge in [0.1, 0.15) is 6.29 Å². The van der Waals surface area contributed by atoms with Crippen LogP contribution in [-0.2, 0) is 9.22 Å². The van der Waals surface area contributed by atoms with Gasteiger partial charge < -0.3 is 4.43 Å². The van der Waals surface area contributed by atoms with Crippen molar-refractivity contribution in [3.8, 4) is 0 Å². The van der Waals surface area contributed by atoms with Crippen molar-refractivity contribution in [2.24, 2.45) is 0 Å². The first-order valence-corrected chi connectivity index (χ1v) is 8.56. The average molecular weight is 240 g/mol. The summed E-state index contributed by atoms with van der Waals surface area (Å²) in [7, 11) is -1.74. The van der Waals surface area contributed by atoms with Gasteiger partial charge in [0.05, 0.1) is 6.10 Å².